The summed E-state index contributed by atoms with van der Waals surface area (Å²) in [5.74, 6) is -0.737. The first kappa shape index (κ1) is 16.3. The fourth-order valence-corrected chi connectivity index (χ4v) is 2.70. The van der Waals surface area contributed by atoms with Gasteiger partial charge in [-0.2, -0.15) is 0 Å². The maximum atomic E-state index is 12.7. The second-order valence-corrected chi connectivity index (χ2v) is 5.92. The van der Waals surface area contributed by atoms with Crippen LogP contribution in [-0.4, -0.2) is 5.97 Å². The molecule has 0 radical (unpaired) electrons. The summed E-state index contributed by atoms with van der Waals surface area (Å²) in [5, 5.41) is 0.642. The van der Waals surface area contributed by atoms with E-state index in [0.717, 1.165) is 16.7 Å². The highest BCUT2D eigenvalue weighted by Gasteiger charge is 2.24. The van der Waals surface area contributed by atoms with Gasteiger partial charge in [0.25, 0.3) is 0 Å². The third kappa shape index (κ3) is 4.03. The van der Waals surface area contributed by atoms with Crippen molar-refractivity contribution in [2.24, 2.45) is 0 Å². The highest BCUT2D eigenvalue weighted by molar-refractivity contribution is 6.30. The monoisotopic (exact) mass is 336 g/mol. The molecule has 24 heavy (non-hydrogen) atoms. The molecular weight excluding hydrogens is 320 g/mol. The minimum Gasteiger partial charge on any atom is -0.460 e. The van der Waals surface area contributed by atoms with E-state index >= 15 is 0 Å². The van der Waals surface area contributed by atoms with Crippen LogP contribution in [0, 0.1) is 0 Å². The van der Waals surface area contributed by atoms with Gasteiger partial charge in [-0.25, -0.2) is 0 Å². The SMILES string of the molecule is O=C(OCc1ccccc1)C(c1ccccc1)c1ccc(Cl)cc1. The van der Waals surface area contributed by atoms with Crippen molar-refractivity contribution in [3.8, 4) is 0 Å². The molecule has 1 unspecified atom stereocenters. The molecule has 0 aromatic heterocycles. The second-order valence-electron chi connectivity index (χ2n) is 5.49. The summed E-state index contributed by atoms with van der Waals surface area (Å²) in [6.07, 6.45) is 0. The lowest BCUT2D eigenvalue weighted by Gasteiger charge is -2.17. The molecule has 0 heterocycles. The van der Waals surface area contributed by atoms with Crippen molar-refractivity contribution in [1.29, 1.82) is 0 Å². The fourth-order valence-electron chi connectivity index (χ4n) is 2.58. The smallest absolute Gasteiger partial charge is 0.318 e. The molecule has 0 aliphatic heterocycles. The maximum absolute atomic E-state index is 12.7. The maximum Gasteiger partial charge on any atom is 0.318 e. The van der Waals surface area contributed by atoms with E-state index in [1.54, 1.807) is 12.1 Å². The molecule has 3 aromatic carbocycles. The van der Waals surface area contributed by atoms with Gasteiger partial charge in [-0.1, -0.05) is 84.4 Å². The standard InChI is InChI=1S/C21H17ClO2/c22-19-13-11-18(12-14-19)20(17-9-5-2-6-10-17)21(23)24-15-16-7-3-1-4-8-16/h1-14,20H,15H2. The first-order valence-electron chi connectivity index (χ1n) is 7.75. The molecule has 0 amide bonds. The Morgan fingerprint density at radius 1 is 0.792 bits per heavy atom. The number of carbonyl (C=O) groups is 1. The molecule has 0 saturated carbocycles. The molecule has 3 heteroatoms. The number of esters is 1. The van der Waals surface area contributed by atoms with E-state index in [9.17, 15) is 4.79 Å². The Hall–Kier alpha value is -2.58. The summed E-state index contributed by atoms with van der Waals surface area (Å²) in [4.78, 5) is 12.7. The number of halogens is 1. The lowest BCUT2D eigenvalue weighted by atomic mass is 9.91. The summed E-state index contributed by atoms with van der Waals surface area (Å²) in [7, 11) is 0. The van der Waals surface area contributed by atoms with Crippen LogP contribution >= 0.6 is 11.6 Å². The number of ether oxygens (including phenoxy) is 1. The van der Waals surface area contributed by atoms with Crippen LogP contribution in [0.25, 0.3) is 0 Å². The zero-order chi connectivity index (χ0) is 16.8. The average molecular weight is 337 g/mol. The van der Waals surface area contributed by atoms with E-state index in [0.29, 0.717) is 5.02 Å². The Kier molecular flexibility index (Phi) is 5.29. The van der Waals surface area contributed by atoms with E-state index in [1.165, 1.54) is 0 Å². The Bertz CT molecular complexity index is 783. The van der Waals surface area contributed by atoms with Gasteiger partial charge in [0.05, 0.1) is 0 Å². The van der Waals surface area contributed by atoms with Crippen LogP contribution in [0.5, 0.6) is 0 Å². The van der Waals surface area contributed by atoms with Crippen LogP contribution in [0.1, 0.15) is 22.6 Å². The normalized spacial score (nSPS) is 11.7. The van der Waals surface area contributed by atoms with Crippen molar-refractivity contribution >= 4 is 17.6 Å². The average Bonchev–Trinajstić information content (AvgIpc) is 2.64. The van der Waals surface area contributed by atoms with Crippen molar-refractivity contribution < 1.29 is 9.53 Å². The fraction of sp³-hybridized carbons (Fsp3) is 0.0952. The molecule has 3 aromatic rings. The van der Waals surface area contributed by atoms with E-state index in [1.807, 2.05) is 72.8 Å². The number of hydrogen-bond donors (Lipinski definition) is 0. The van der Waals surface area contributed by atoms with Crippen molar-refractivity contribution in [1.82, 2.24) is 0 Å². The molecule has 0 N–H and O–H groups in total. The minimum atomic E-state index is -0.466. The van der Waals surface area contributed by atoms with Gasteiger partial charge in [0.2, 0.25) is 0 Å². The summed E-state index contributed by atoms with van der Waals surface area (Å²) < 4.78 is 5.56. The van der Waals surface area contributed by atoms with Gasteiger partial charge in [-0.15, -0.1) is 0 Å². The Morgan fingerprint density at radius 2 is 1.33 bits per heavy atom. The molecule has 3 rings (SSSR count). The molecule has 2 nitrogen and oxygen atoms in total. The Morgan fingerprint density at radius 3 is 1.96 bits per heavy atom. The zero-order valence-corrected chi connectivity index (χ0v) is 13.8. The first-order chi connectivity index (χ1) is 11.7. The lowest BCUT2D eigenvalue weighted by molar-refractivity contribution is -0.145. The largest absolute Gasteiger partial charge is 0.460 e. The van der Waals surface area contributed by atoms with E-state index in [2.05, 4.69) is 0 Å². The van der Waals surface area contributed by atoms with Crippen LogP contribution in [0.15, 0.2) is 84.9 Å². The molecule has 0 saturated heterocycles. The molecule has 0 spiro atoms. The van der Waals surface area contributed by atoms with Crippen LogP contribution in [0.2, 0.25) is 5.02 Å². The number of benzene rings is 3. The summed E-state index contributed by atoms with van der Waals surface area (Å²) >= 11 is 5.97. The van der Waals surface area contributed by atoms with Gasteiger partial charge in [0, 0.05) is 5.02 Å². The molecule has 0 bridgehead atoms. The quantitative estimate of drug-likeness (QED) is 0.597. The third-order valence-corrected chi connectivity index (χ3v) is 4.05. The third-order valence-electron chi connectivity index (χ3n) is 3.80. The topological polar surface area (TPSA) is 26.3 Å². The minimum absolute atomic E-state index is 0.261. The van der Waals surface area contributed by atoms with Crippen LogP contribution in [0.4, 0.5) is 0 Å². The van der Waals surface area contributed by atoms with Crippen LogP contribution in [-0.2, 0) is 16.1 Å². The molecule has 0 aliphatic rings. The predicted octanol–water partition coefficient (Wildman–Crippen LogP) is 5.22. The Balaban J connectivity index is 1.84. The Labute approximate surface area is 146 Å². The number of carbonyl (C=O) groups excluding carboxylic acids is 1. The predicted molar refractivity (Wildman–Crippen MR) is 96.0 cm³/mol. The molecular formula is C21H17ClO2. The molecule has 1 atom stereocenters. The highest BCUT2D eigenvalue weighted by atomic mass is 35.5. The van der Waals surface area contributed by atoms with Gasteiger partial charge in [-0.05, 0) is 28.8 Å². The van der Waals surface area contributed by atoms with Crippen molar-refractivity contribution in [2.75, 3.05) is 0 Å². The number of hydrogen-bond acceptors (Lipinski definition) is 2. The number of rotatable bonds is 5. The second kappa shape index (κ2) is 7.80. The highest BCUT2D eigenvalue weighted by Crippen LogP contribution is 2.27. The summed E-state index contributed by atoms with van der Waals surface area (Å²) in [6, 6.07) is 26.6. The van der Waals surface area contributed by atoms with Crippen LogP contribution in [0.3, 0.4) is 0 Å². The van der Waals surface area contributed by atoms with E-state index < -0.39 is 5.92 Å². The summed E-state index contributed by atoms with van der Waals surface area (Å²) in [5.41, 5.74) is 2.73. The van der Waals surface area contributed by atoms with Crippen LogP contribution < -0.4 is 0 Å². The lowest BCUT2D eigenvalue weighted by Crippen LogP contribution is -2.17. The van der Waals surface area contributed by atoms with Crippen molar-refractivity contribution in [2.45, 2.75) is 12.5 Å². The van der Waals surface area contributed by atoms with Crippen molar-refractivity contribution in [3.05, 3.63) is 107 Å². The summed E-state index contributed by atoms with van der Waals surface area (Å²) in [6.45, 7) is 0.261. The zero-order valence-electron chi connectivity index (χ0n) is 13.1. The van der Waals surface area contributed by atoms with Gasteiger partial charge >= 0.3 is 5.97 Å². The van der Waals surface area contributed by atoms with Gasteiger partial charge in [0.15, 0.2) is 0 Å². The molecule has 0 aliphatic carbocycles. The van der Waals surface area contributed by atoms with Gasteiger partial charge in [0.1, 0.15) is 12.5 Å². The van der Waals surface area contributed by atoms with Gasteiger partial charge < -0.3 is 4.74 Å². The molecule has 120 valence electrons. The van der Waals surface area contributed by atoms with Gasteiger partial charge in [-0.3, -0.25) is 4.79 Å². The van der Waals surface area contributed by atoms with Crippen molar-refractivity contribution in [3.63, 3.8) is 0 Å². The van der Waals surface area contributed by atoms with E-state index in [4.69, 9.17) is 16.3 Å². The molecule has 0 fully saturated rings. The van der Waals surface area contributed by atoms with E-state index in [-0.39, 0.29) is 12.6 Å². The first-order valence-corrected chi connectivity index (χ1v) is 8.13.